The average Bonchev–Trinajstić information content (AvgIpc) is 3.37. The number of hydrogen-bond donors (Lipinski definition) is 0. The third-order valence-electron chi connectivity index (χ3n) is 5.66. The summed E-state index contributed by atoms with van der Waals surface area (Å²) in [5.41, 5.74) is 1.17. The minimum absolute atomic E-state index is 0.0166. The second-order valence-electron chi connectivity index (χ2n) is 8.66. The second kappa shape index (κ2) is 13.7. The highest BCUT2D eigenvalue weighted by atomic mass is 35.5. The molecule has 0 radical (unpaired) electrons. The molecular formula is C27H26ClF3N6O4. The van der Waals surface area contributed by atoms with Gasteiger partial charge in [0.25, 0.3) is 0 Å². The highest BCUT2D eigenvalue weighted by Crippen LogP contribution is 2.28. The molecule has 0 aromatic heterocycles. The number of imide groups is 1. The molecule has 0 aliphatic carbocycles. The Hall–Kier alpha value is -4.57. The fourth-order valence-corrected chi connectivity index (χ4v) is 3.85. The monoisotopic (exact) mass is 590 g/mol. The number of nitrogens with zero attached hydrogens (tertiary/aromatic N) is 6. The van der Waals surface area contributed by atoms with E-state index < -0.39 is 30.3 Å². The molecule has 1 unspecified atom stereocenters. The SMILES string of the molecule is C=NN(/C=C(\C)C#N)C1CN(C(=O)N(C(=O)OCCCC)c2ccc(OC(F)(F)F)cc2)N=C1c1ccc(Cl)cc1. The Morgan fingerprint density at radius 3 is 2.46 bits per heavy atom. The number of unbranched alkanes of at least 4 members (excludes halogenated alkanes) is 1. The predicted molar refractivity (Wildman–Crippen MR) is 146 cm³/mol. The van der Waals surface area contributed by atoms with Gasteiger partial charge in [0.2, 0.25) is 0 Å². The van der Waals surface area contributed by atoms with Gasteiger partial charge in [-0.3, -0.25) is 5.01 Å². The summed E-state index contributed by atoms with van der Waals surface area (Å²) in [6.07, 6.45) is -3.28. The van der Waals surface area contributed by atoms with Crippen molar-refractivity contribution in [2.45, 2.75) is 39.1 Å². The van der Waals surface area contributed by atoms with Crippen LogP contribution in [0, 0.1) is 11.3 Å². The second-order valence-corrected chi connectivity index (χ2v) is 9.10. The summed E-state index contributed by atoms with van der Waals surface area (Å²) >= 11 is 6.04. The number of hydrogen-bond acceptors (Lipinski definition) is 8. The van der Waals surface area contributed by atoms with Gasteiger partial charge in [-0.15, -0.1) is 13.2 Å². The van der Waals surface area contributed by atoms with Crippen molar-refractivity contribution >= 4 is 41.8 Å². The van der Waals surface area contributed by atoms with E-state index >= 15 is 0 Å². The van der Waals surface area contributed by atoms with Crippen LogP contribution in [0.3, 0.4) is 0 Å². The van der Waals surface area contributed by atoms with E-state index in [0.29, 0.717) is 39.6 Å². The number of halogens is 4. The minimum Gasteiger partial charge on any atom is -0.449 e. The number of carbonyl (C=O) groups excluding carboxylic acids is 2. The van der Waals surface area contributed by atoms with Gasteiger partial charge in [-0.1, -0.05) is 37.1 Å². The summed E-state index contributed by atoms with van der Waals surface area (Å²) in [5, 5.41) is 20.5. The number of alkyl halides is 3. The lowest BCUT2D eigenvalue weighted by Gasteiger charge is -2.26. The Labute approximate surface area is 239 Å². The molecule has 3 rings (SSSR count). The number of nitriles is 1. The van der Waals surface area contributed by atoms with E-state index in [4.69, 9.17) is 16.3 Å². The van der Waals surface area contributed by atoms with Crippen LogP contribution < -0.4 is 9.64 Å². The van der Waals surface area contributed by atoms with Crippen molar-refractivity contribution in [3.05, 3.63) is 70.9 Å². The van der Waals surface area contributed by atoms with Gasteiger partial charge in [-0.05, 0) is 49.7 Å². The summed E-state index contributed by atoms with van der Waals surface area (Å²) in [5.74, 6) is -0.537. The highest BCUT2D eigenvalue weighted by molar-refractivity contribution is 6.30. The number of benzene rings is 2. The molecule has 10 nitrogen and oxygen atoms in total. The van der Waals surface area contributed by atoms with Crippen LogP contribution in [0.5, 0.6) is 5.75 Å². The Morgan fingerprint density at radius 2 is 1.90 bits per heavy atom. The van der Waals surface area contributed by atoms with Crippen LogP contribution in [0.4, 0.5) is 28.4 Å². The number of anilines is 1. The minimum atomic E-state index is -4.92. The van der Waals surface area contributed by atoms with E-state index in [0.717, 1.165) is 29.3 Å². The van der Waals surface area contributed by atoms with E-state index in [-0.39, 0.29) is 18.8 Å². The Morgan fingerprint density at radius 1 is 1.24 bits per heavy atom. The largest absolute Gasteiger partial charge is 0.573 e. The van der Waals surface area contributed by atoms with Gasteiger partial charge >= 0.3 is 18.5 Å². The lowest BCUT2D eigenvalue weighted by Crippen LogP contribution is -2.46. The first-order valence-electron chi connectivity index (χ1n) is 12.3. The number of urea groups is 1. The molecule has 41 heavy (non-hydrogen) atoms. The van der Waals surface area contributed by atoms with E-state index in [2.05, 4.69) is 21.7 Å². The first-order valence-corrected chi connectivity index (χ1v) is 12.7. The van der Waals surface area contributed by atoms with Gasteiger partial charge < -0.3 is 9.47 Å². The lowest BCUT2D eigenvalue weighted by molar-refractivity contribution is -0.274. The Bertz CT molecular complexity index is 1360. The smallest absolute Gasteiger partial charge is 0.449 e. The summed E-state index contributed by atoms with van der Waals surface area (Å²) in [4.78, 5) is 27.5. The van der Waals surface area contributed by atoms with Crippen molar-refractivity contribution in [3.8, 4) is 11.8 Å². The predicted octanol–water partition coefficient (Wildman–Crippen LogP) is 6.54. The molecule has 0 saturated carbocycles. The zero-order valence-electron chi connectivity index (χ0n) is 22.1. The number of amides is 3. The van der Waals surface area contributed by atoms with E-state index in [1.807, 2.05) is 13.0 Å². The number of ether oxygens (including phenoxy) is 2. The molecule has 0 saturated heterocycles. The van der Waals surface area contributed by atoms with Crippen molar-refractivity contribution in [1.29, 1.82) is 5.26 Å². The first-order chi connectivity index (χ1) is 19.5. The molecule has 2 aromatic carbocycles. The molecule has 0 fully saturated rings. The normalized spacial score (nSPS) is 15.0. The van der Waals surface area contributed by atoms with Crippen LogP contribution in [0.1, 0.15) is 32.3 Å². The molecule has 1 aliphatic rings. The topological polar surface area (TPSA) is 111 Å². The molecule has 2 aromatic rings. The van der Waals surface area contributed by atoms with Crippen molar-refractivity contribution in [2.24, 2.45) is 10.2 Å². The molecule has 1 aliphatic heterocycles. The molecule has 1 heterocycles. The van der Waals surface area contributed by atoms with E-state index in [1.165, 1.54) is 11.2 Å². The summed E-state index contributed by atoms with van der Waals surface area (Å²) in [7, 11) is 0. The van der Waals surface area contributed by atoms with Crippen molar-refractivity contribution < 1.29 is 32.2 Å². The maximum atomic E-state index is 13.8. The van der Waals surface area contributed by atoms with Crippen LogP contribution in [-0.2, 0) is 4.74 Å². The molecule has 0 spiro atoms. The number of carbonyl (C=O) groups is 2. The number of allylic oxidation sites excluding steroid dienone is 1. The van der Waals surface area contributed by atoms with Crippen LogP contribution in [0.15, 0.2) is 70.5 Å². The molecule has 3 amide bonds. The van der Waals surface area contributed by atoms with E-state index in [1.54, 1.807) is 31.2 Å². The van der Waals surface area contributed by atoms with Crippen LogP contribution in [0.2, 0.25) is 5.02 Å². The van der Waals surface area contributed by atoms with Gasteiger partial charge in [-0.25, -0.2) is 14.6 Å². The van der Waals surface area contributed by atoms with Gasteiger partial charge in [0.1, 0.15) is 11.8 Å². The number of rotatable bonds is 9. The molecule has 216 valence electrons. The van der Waals surface area contributed by atoms with Crippen molar-refractivity contribution in [1.82, 2.24) is 10.0 Å². The Balaban J connectivity index is 2.02. The molecular weight excluding hydrogens is 565 g/mol. The first kappa shape index (κ1) is 31.0. The van der Waals surface area contributed by atoms with Crippen molar-refractivity contribution in [2.75, 3.05) is 18.1 Å². The van der Waals surface area contributed by atoms with E-state index in [9.17, 15) is 28.0 Å². The van der Waals surface area contributed by atoms with Crippen LogP contribution in [0.25, 0.3) is 0 Å². The van der Waals surface area contributed by atoms with Crippen molar-refractivity contribution in [3.63, 3.8) is 0 Å². The zero-order valence-corrected chi connectivity index (χ0v) is 22.9. The van der Waals surface area contributed by atoms with Crippen LogP contribution in [-0.4, -0.2) is 60.1 Å². The molecule has 1 atom stereocenters. The number of hydrazone groups is 2. The molecule has 0 bridgehead atoms. The lowest BCUT2D eigenvalue weighted by atomic mass is 10.0. The molecule has 14 heteroatoms. The quantitative estimate of drug-likeness (QED) is 0.142. The third-order valence-corrected chi connectivity index (χ3v) is 5.91. The Kier molecular flexibility index (Phi) is 10.3. The summed E-state index contributed by atoms with van der Waals surface area (Å²) in [6, 6.07) is 11.1. The third kappa shape index (κ3) is 8.21. The average molecular weight is 591 g/mol. The zero-order chi connectivity index (χ0) is 30.2. The van der Waals surface area contributed by atoms with Gasteiger partial charge in [0.05, 0.1) is 30.6 Å². The maximum absolute atomic E-state index is 13.8. The standard InChI is InChI=1S/C27H26ClF3N6O4/c1-4-5-14-40-26(39)37(21-10-12-22(13-11-21)41-27(29,30)31)25(38)36-17-23(35(33-3)16-18(2)15-32)24(34-36)19-6-8-20(28)9-7-19/h6-13,16,23H,3-5,14,17H2,1-2H3/b18-16+. The van der Waals surface area contributed by atoms with Crippen LogP contribution >= 0.6 is 11.6 Å². The van der Waals surface area contributed by atoms with Gasteiger partial charge in [0, 0.05) is 29.1 Å². The summed E-state index contributed by atoms with van der Waals surface area (Å²) in [6.45, 7) is 6.90. The van der Waals surface area contributed by atoms with Gasteiger partial charge in [-0.2, -0.15) is 20.4 Å². The maximum Gasteiger partial charge on any atom is 0.573 e. The molecule has 0 N–H and O–H groups in total. The summed E-state index contributed by atoms with van der Waals surface area (Å²) < 4.78 is 47.1. The van der Waals surface area contributed by atoms with Gasteiger partial charge in [0.15, 0.2) is 0 Å². The fraction of sp³-hybridized carbons (Fsp3) is 0.296. The fourth-order valence-electron chi connectivity index (χ4n) is 3.72. The highest BCUT2D eigenvalue weighted by Gasteiger charge is 2.39.